The highest BCUT2D eigenvalue weighted by molar-refractivity contribution is 6.32. The van der Waals surface area contributed by atoms with Crippen LogP contribution in [0.2, 0.25) is 5.02 Å². The zero-order valence-electron chi connectivity index (χ0n) is 11.1. The standard InChI is InChI=1S/C14H19ClN2O/c1-16-6-4-5-10-9-17(2)13-8-12(15)14(18-3)7-11(10)13/h7-9,16H,4-6H2,1-3H3. The number of nitrogens with zero attached hydrogens (tertiary/aromatic N) is 1. The van der Waals surface area contributed by atoms with Crippen molar-refractivity contribution in [2.24, 2.45) is 7.05 Å². The predicted octanol–water partition coefficient (Wildman–Crippen LogP) is 2.99. The Morgan fingerprint density at radius 2 is 2.17 bits per heavy atom. The molecule has 1 aromatic carbocycles. The van der Waals surface area contributed by atoms with E-state index in [1.54, 1.807) is 7.11 Å². The molecule has 0 fully saturated rings. The molecule has 0 radical (unpaired) electrons. The van der Waals surface area contributed by atoms with E-state index in [1.807, 2.05) is 26.2 Å². The van der Waals surface area contributed by atoms with Crippen molar-refractivity contribution in [2.45, 2.75) is 12.8 Å². The normalized spacial score (nSPS) is 11.1. The van der Waals surface area contributed by atoms with Gasteiger partial charge in [-0.2, -0.15) is 0 Å². The Hall–Kier alpha value is -1.19. The lowest BCUT2D eigenvalue weighted by atomic mass is 10.1. The smallest absolute Gasteiger partial charge is 0.138 e. The fourth-order valence-corrected chi connectivity index (χ4v) is 2.51. The highest BCUT2D eigenvalue weighted by Crippen LogP contribution is 2.32. The van der Waals surface area contributed by atoms with Crippen LogP contribution in [0.3, 0.4) is 0 Å². The third kappa shape index (κ3) is 2.47. The zero-order chi connectivity index (χ0) is 13.1. The number of hydrogen-bond donors (Lipinski definition) is 1. The number of ether oxygens (including phenoxy) is 1. The molecule has 98 valence electrons. The van der Waals surface area contributed by atoms with E-state index in [4.69, 9.17) is 16.3 Å². The number of hydrogen-bond acceptors (Lipinski definition) is 2. The van der Waals surface area contributed by atoms with Crippen LogP contribution in [0.25, 0.3) is 10.9 Å². The maximum absolute atomic E-state index is 6.16. The molecule has 0 bridgehead atoms. The molecule has 0 spiro atoms. The van der Waals surface area contributed by atoms with Gasteiger partial charge in [-0.1, -0.05) is 11.6 Å². The van der Waals surface area contributed by atoms with Crippen molar-refractivity contribution in [3.05, 3.63) is 28.9 Å². The Bertz CT molecular complexity index is 548. The third-order valence-electron chi connectivity index (χ3n) is 3.22. The topological polar surface area (TPSA) is 26.2 Å². The molecule has 0 aliphatic carbocycles. The lowest BCUT2D eigenvalue weighted by Gasteiger charge is -2.05. The number of aryl methyl sites for hydroxylation is 2. The van der Waals surface area contributed by atoms with Crippen molar-refractivity contribution in [1.29, 1.82) is 0 Å². The lowest BCUT2D eigenvalue weighted by molar-refractivity contribution is 0.415. The summed E-state index contributed by atoms with van der Waals surface area (Å²) in [5, 5.41) is 5.06. The predicted molar refractivity (Wildman–Crippen MR) is 76.7 cm³/mol. The van der Waals surface area contributed by atoms with Crippen LogP contribution in [0.5, 0.6) is 5.75 Å². The average molecular weight is 267 g/mol. The molecule has 18 heavy (non-hydrogen) atoms. The molecule has 0 aliphatic heterocycles. The molecule has 3 nitrogen and oxygen atoms in total. The first kappa shape index (κ1) is 13.2. The zero-order valence-corrected chi connectivity index (χ0v) is 11.8. The van der Waals surface area contributed by atoms with Crippen molar-refractivity contribution in [1.82, 2.24) is 9.88 Å². The van der Waals surface area contributed by atoms with Gasteiger partial charge in [0.2, 0.25) is 0 Å². The molecule has 0 atom stereocenters. The Labute approximate surface area is 113 Å². The van der Waals surface area contributed by atoms with Gasteiger partial charge in [0.05, 0.1) is 12.1 Å². The molecule has 2 aromatic rings. The van der Waals surface area contributed by atoms with Crippen LogP contribution in [0.1, 0.15) is 12.0 Å². The van der Waals surface area contributed by atoms with Gasteiger partial charge in [0.15, 0.2) is 0 Å². The number of fused-ring (bicyclic) bond motifs is 1. The first-order chi connectivity index (χ1) is 8.67. The second kappa shape index (κ2) is 5.63. The van der Waals surface area contributed by atoms with E-state index < -0.39 is 0 Å². The van der Waals surface area contributed by atoms with Gasteiger partial charge in [-0.15, -0.1) is 0 Å². The number of halogens is 1. The minimum Gasteiger partial charge on any atom is -0.495 e. The second-order valence-corrected chi connectivity index (χ2v) is 4.88. The van der Waals surface area contributed by atoms with Crippen molar-refractivity contribution in [3.8, 4) is 5.75 Å². The molecule has 0 aliphatic rings. The number of methoxy groups -OCH3 is 1. The van der Waals surface area contributed by atoms with E-state index >= 15 is 0 Å². The molecule has 2 rings (SSSR count). The summed E-state index contributed by atoms with van der Waals surface area (Å²) in [7, 11) is 5.68. The van der Waals surface area contributed by atoms with Crippen LogP contribution in [-0.2, 0) is 13.5 Å². The van der Waals surface area contributed by atoms with Crippen molar-refractivity contribution in [2.75, 3.05) is 20.7 Å². The van der Waals surface area contributed by atoms with Gasteiger partial charge < -0.3 is 14.6 Å². The molecule has 4 heteroatoms. The van der Waals surface area contributed by atoms with E-state index in [1.165, 1.54) is 10.9 Å². The largest absolute Gasteiger partial charge is 0.495 e. The minimum atomic E-state index is 0.660. The van der Waals surface area contributed by atoms with Crippen molar-refractivity contribution >= 4 is 22.5 Å². The molecular formula is C14H19ClN2O. The summed E-state index contributed by atoms with van der Waals surface area (Å²) in [6.07, 6.45) is 4.36. The van der Waals surface area contributed by atoms with Gasteiger partial charge in [0.1, 0.15) is 5.75 Å². The van der Waals surface area contributed by atoms with Crippen LogP contribution in [-0.4, -0.2) is 25.3 Å². The number of nitrogens with one attached hydrogen (secondary N) is 1. The van der Waals surface area contributed by atoms with E-state index in [2.05, 4.69) is 16.1 Å². The van der Waals surface area contributed by atoms with Gasteiger partial charge >= 0.3 is 0 Å². The molecule has 0 amide bonds. The summed E-state index contributed by atoms with van der Waals surface area (Å²) >= 11 is 6.16. The fraction of sp³-hybridized carbons (Fsp3) is 0.429. The molecule has 0 saturated carbocycles. The van der Waals surface area contributed by atoms with Crippen molar-refractivity contribution < 1.29 is 4.74 Å². The fourth-order valence-electron chi connectivity index (χ4n) is 2.28. The Morgan fingerprint density at radius 3 is 2.83 bits per heavy atom. The third-order valence-corrected chi connectivity index (χ3v) is 3.51. The highest BCUT2D eigenvalue weighted by Gasteiger charge is 2.10. The summed E-state index contributed by atoms with van der Waals surface area (Å²) in [6, 6.07) is 4.00. The van der Waals surface area contributed by atoms with E-state index in [9.17, 15) is 0 Å². The maximum Gasteiger partial charge on any atom is 0.138 e. The molecular weight excluding hydrogens is 248 g/mol. The second-order valence-electron chi connectivity index (χ2n) is 4.48. The van der Waals surface area contributed by atoms with Crippen LogP contribution >= 0.6 is 11.6 Å². The minimum absolute atomic E-state index is 0.660. The Morgan fingerprint density at radius 1 is 1.39 bits per heavy atom. The number of rotatable bonds is 5. The first-order valence-corrected chi connectivity index (χ1v) is 6.51. The maximum atomic E-state index is 6.16. The highest BCUT2D eigenvalue weighted by atomic mass is 35.5. The molecule has 1 N–H and O–H groups in total. The van der Waals surface area contributed by atoms with Crippen LogP contribution in [0.15, 0.2) is 18.3 Å². The van der Waals surface area contributed by atoms with Crippen LogP contribution in [0.4, 0.5) is 0 Å². The number of benzene rings is 1. The monoisotopic (exact) mass is 266 g/mol. The van der Waals surface area contributed by atoms with Gasteiger partial charge in [-0.05, 0) is 44.1 Å². The van der Waals surface area contributed by atoms with Gasteiger partial charge in [0, 0.05) is 24.1 Å². The summed E-state index contributed by atoms with van der Waals surface area (Å²) in [5.41, 5.74) is 2.50. The summed E-state index contributed by atoms with van der Waals surface area (Å²) in [4.78, 5) is 0. The van der Waals surface area contributed by atoms with E-state index in [-0.39, 0.29) is 0 Å². The van der Waals surface area contributed by atoms with E-state index in [0.29, 0.717) is 5.02 Å². The Kier molecular flexibility index (Phi) is 4.15. The Balaban J connectivity index is 2.41. The first-order valence-electron chi connectivity index (χ1n) is 6.13. The summed E-state index contributed by atoms with van der Waals surface area (Å²) in [5.74, 6) is 0.741. The summed E-state index contributed by atoms with van der Waals surface area (Å²) in [6.45, 7) is 1.03. The lowest BCUT2D eigenvalue weighted by Crippen LogP contribution is -2.08. The van der Waals surface area contributed by atoms with Crippen LogP contribution < -0.4 is 10.1 Å². The van der Waals surface area contributed by atoms with Gasteiger partial charge in [0.25, 0.3) is 0 Å². The van der Waals surface area contributed by atoms with Crippen LogP contribution in [0, 0.1) is 0 Å². The summed E-state index contributed by atoms with van der Waals surface area (Å²) < 4.78 is 7.41. The molecule has 0 saturated heterocycles. The number of aromatic nitrogens is 1. The molecule has 1 heterocycles. The van der Waals surface area contributed by atoms with E-state index in [0.717, 1.165) is 30.7 Å². The van der Waals surface area contributed by atoms with Gasteiger partial charge in [-0.25, -0.2) is 0 Å². The van der Waals surface area contributed by atoms with Crippen molar-refractivity contribution in [3.63, 3.8) is 0 Å². The van der Waals surface area contributed by atoms with Gasteiger partial charge in [-0.3, -0.25) is 0 Å². The average Bonchev–Trinajstić information content (AvgIpc) is 2.65. The quantitative estimate of drug-likeness (QED) is 0.842. The molecule has 1 aromatic heterocycles. The molecule has 0 unspecified atom stereocenters. The SMILES string of the molecule is CNCCCc1cn(C)c2cc(Cl)c(OC)cc12.